The summed E-state index contributed by atoms with van der Waals surface area (Å²) in [6, 6.07) is 16.0. The molecule has 1 aromatic heterocycles. The molecule has 1 unspecified atom stereocenters. The number of rotatable bonds is 8. The fourth-order valence-electron chi connectivity index (χ4n) is 3.83. The summed E-state index contributed by atoms with van der Waals surface area (Å²) in [5, 5.41) is 3.36. The maximum Gasteiger partial charge on any atom is 0.231 e. The molecule has 3 aromatic rings. The molecule has 0 spiro atoms. The van der Waals surface area contributed by atoms with Crippen LogP contribution in [0, 0.1) is 11.7 Å². The first-order chi connectivity index (χ1) is 16.1. The highest BCUT2D eigenvalue weighted by Crippen LogP contribution is 2.24. The predicted octanol–water partition coefficient (Wildman–Crippen LogP) is 4.52. The highest BCUT2D eigenvalue weighted by molar-refractivity contribution is 7.15. The minimum Gasteiger partial charge on any atom is -0.493 e. The zero-order valence-electron chi connectivity index (χ0n) is 18.2. The van der Waals surface area contributed by atoms with Crippen LogP contribution in [0.2, 0.25) is 0 Å². The average molecular weight is 468 g/mol. The fraction of sp³-hybridized carbons (Fsp3) is 0.320. The van der Waals surface area contributed by atoms with Crippen LogP contribution in [-0.4, -0.2) is 41.4 Å². The van der Waals surface area contributed by atoms with E-state index in [2.05, 4.69) is 10.3 Å². The minimum absolute atomic E-state index is 0.00939. The zero-order chi connectivity index (χ0) is 23.0. The van der Waals surface area contributed by atoms with Gasteiger partial charge in [0, 0.05) is 30.6 Å². The Morgan fingerprint density at radius 1 is 1.15 bits per heavy atom. The third-order valence-corrected chi connectivity index (χ3v) is 6.49. The maximum absolute atomic E-state index is 13.9. The number of anilines is 1. The molecule has 33 heavy (non-hydrogen) atoms. The SMILES string of the molecule is O=C(Nc1ncc(Cc2ccccc2F)s1)C1CCCN(C(=O)CCOc2ccccc2)C1. The molecule has 1 N–H and O–H groups in total. The quantitative estimate of drug-likeness (QED) is 0.529. The van der Waals surface area contributed by atoms with Crippen LogP contribution in [0.1, 0.15) is 29.7 Å². The van der Waals surface area contributed by atoms with Crippen molar-refractivity contribution in [3.63, 3.8) is 0 Å². The van der Waals surface area contributed by atoms with Gasteiger partial charge >= 0.3 is 0 Å². The number of carbonyl (C=O) groups is 2. The molecule has 8 heteroatoms. The van der Waals surface area contributed by atoms with Crippen LogP contribution in [0.4, 0.5) is 9.52 Å². The largest absolute Gasteiger partial charge is 0.493 e. The second-order valence-electron chi connectivity index (χ2n) is 7.98. The molecule has 0 bridgehead atoms. The van der Waals surface area contributed by atoms with Gasteiger partial charge in [-0.2, -0.15) is 0 Å². The number of nitrogens with zero attached hydrogens (tertiary/aromatic N) is 2. The van der Waals surface area contributed by atoms with Crippen LogP contribution in [0.3, 0.4) is 0 Å². The van der Waals surface area contributed by atoms with Gasteiger partial charge in [0.2, 0.25) is 11.8 Å². The monoisotopic (exact) mass is 467 g/mol. The average Bonchev–Trinajstić information content (AvgIpc) is 3.28. The normalized spacial score (nSPS) is 15.8. The Labute approximate surface area is 196 Å². The lowest BCUT2D eigenvalue weighted by atomic mass is 9.97. The van der Waals surface area contributed by atoms with Crippen LogP contribution < -0.4 is 10.1 Å². The van der Waals surface area contributed by atoms with E-state index in [1.807, 2.05) is 30.3 Å². The number of halogens is 1. The topological polar surface area (TPSA) is 71.5 Å². The number of amides is 2. The first-order valence-corrected chi connectivity index (χ1v) is 11.8. The van der Waals surface area contributed by atoms with E-state index in [0.29, 0.717) is 36.8 Å². The molecule has 2 heterocycles. The van der Waals surface area contributed by atoms with Crippen molar-refractivity contribution in [1.29, 1.82) is 0 Å². The summed E-state index contributed by atoms with van der Waals surface area (Å²) < 4.78 is 19.5. The summed E-state index contributed by atoms with van der Waals surface area (Å²) in [7, 11) is 0. The third-order valence-electron chi connectivity index (χ3n) is 5.58. The van der Waals surface area contributed by atoms with Crippen molar-refractivity contribution in [3.8, 4) is 5.75 Å². The lowest BCUT2D eigenvalue weighted by Crippen LogP contribution is -2.44. The van der Waals surface area contributed by atoms with E-state index in [0.717, 1.165) is 23.5 Å². The first kappa shape index (κ1) is 22.9. The van der Waals surface area contributed by atoms with Crippen molar-refractivity contribution < 1.29 is 18.7 Å². The number of nitrogens with one attached hydrogen (secondary N) is 1. The number of likely N-dealkylation sites (tertiary alicyclic amines) is 1. The number of hydrogen-bond donors (Lipinski definition) is 1. The fourth-order valence-corrected chi connectivity index (χ4v) is 4.67. The molecule has 6 nitrogen and oxygen atoms in total. The van der Waals surface area contributed by atoms with Crippen molar-refractivity contribution >= 4 is 28.3 Å². The molecular weight excluding hydrogens is 441 g/mol. The molecule has 172 valence electrons. The molecule has 2 aromatic carbocycles. The molecule has 1 fully saturated rings. The van der Waals surface area contributed by atoms with Crippen LogP contribution in [0.25, 0.3) is 0 Å². The number of thiazole rings is 1. The summed E-state index contributed by atoms with van der Waals surface area (Å²) in [5.41, 5.74) is 0.594. The molecular formula is C25H26FN3O3S. The van der Waals surface area contributed by atoms with Gasteiger partial charge in [-0.25, -0.2) is 9.37 Å². The summed E-state index contributed by atoms with van der Waals surface area (Å²) >= 11 is 1.34. The van der Waals surface area contributed by atoms with Gasteiger partial charge in [0.1, 0.15) is 11.6 Å². The van der Waals surface area contributed by atoms with Crippen molar-refractivity contribution in [3.05, 3.63) is 77.1 Å². The van der Waals surface area contributed by atoms with Crippen LogP contribution >= 0.6 is 11.3 Å². The van der Waals surface area contributed by atoms with Crippen molar-refractivity contribution in [2.75, 3.05) is 25.0 Å². The van der Waals surface area contributed by atoms with E-state index in [-0.39, 0.29) is 30.0 Å². The second-order valence-corrected chi connectivity index (χ2v) is 9.09. The Hall–Kier alpha value is -3.26. The van der Waals surface area contributed by atoms with E-state index in [1.165, 1.54) is 17.4 Å². The lowest BCUT2D eigenvalue weighted by Gasteiger charge is -2.32. The first-order valence-electron chi connectivity index (χ1n) is 11.0. The summed E-state index contributed by atoms with van der Waals surface area (Å²) in [6.45, 7) is 1.35. The van der Waals surface area contributed by atoms with E-state index < -0.39 is 0 Å². The number of ether oxygens (including phenoxy) is 1. The van der Waals surface area contributed by atoms with E-state index in [1.54, 1.807) is 29.3 Å². The highest BCUT2D eigenvalue weighted by Gasteiger charge is 2.28. The van der Waals surface area contributed by atoms with Gasteiger partial charge in [0.05, 0.1) is 18.9 Å². The van der Waals surface area contributed by atoms with Gasteiger partial charge in [0.15, 0.2) is 5.13 Å². The number of carbonyl (C=O) groups excluding carboxylic acids is 2. The Kier molecular flexibility index (Phi) is 7.67. The smallest absolute Gasteiger partial charge is 0.231 e. The van der Waals surface area contributed by atoms with E-state index in [9.17, 15) is 14.0 Å². The number of aromatic nitrogens is 1. The van der Waals surface area contributed by atoms with Gasteiger partial charge in [0.25, 0.3) is 0 Å². The van der Waals surface area contributed by atoms with Crippen molar-refractivity contribution in [2.24, 2.45) is 5.92 Å². The zero-order valence-corrected chi connectivity index (χ0v) is 19.0. The maximum atomic E-state index is 13.9. The molecule has 1 aliphatic rings. The highest BCUT2D eigenvalue weighted by atomic mass is 32.1. The Balaban J connectivity index is 1.26. The second kappa shape index (κ2) is 11.0. The summed E-state index contributed by atoms with van der Waals surface area (Å²) in [4.78, 5) is 32.3. The Morgan fingerprint density at radius 2 is 1.94 bits per heavy atom. The minimum atomic E-state index is -0.281. The van der Waals surface area contributed by atoms with Gasteiger partial charge in [-0.1, -0.05) is 36.4 Å². The van der Waals surface area contributed by atoms with Gasteiger partial charge in [-0.15, -0.1) is 11.3 Å². The number of hydrogen-bond acceptors (Lipinski definition) is 5. The van der Waals surface area contributed by atoms with Gasteiger partial charge in [-0.3, -0.25) is 9.59 Å². The number of piperidine rings is 1. The molecule has 1 atom stereocenters. The lowest BCUT2D eigenvalue weighted by molar-refractivity contribution is -0.135. The van der Waals surface area contributed by atoms with Crippen LogP contribution in [-0.2, 0) is 16.0 Å². The van der Waals surface area contributed by atoms with Gasteiger partial charge < -0.3 is 15.0 Å². The summed E-state index contributed by atoms with van der Waals surface area (Å²) in [6.07, 6.45) is 3.87. The Bertz CT molecular complexity index is 1090. The van der Waals surface area contributed by atoms with Crippen molar-refractivity contribution in [1.82, 2.24) is 9.88 Å². The number of benzene rings is 2. The third kappa shape index (κ3) is 6.38. The molecule has 1 aliphatic heterocycles. The molecule has 0 saturated carbocycles. The van der Waals surface area contributed by atoms with E-state index >= 15 is 0 Å². The summed E-state index contributed by atoms with van der Waals surface area (Å²) in [5.74, 6) is 0.0537. The predicted molar refractivity (Wildman–Crippen MR) is 126 cm³/mol. The molecule has 0 radical (unpaired) electrons. The van der Waals surface area contributed by atoms with Gasteiger partial charge in [-0.05, 0) is 36.6 Å². The van der Waals surface area contributed by atoms with Crippen LogP contribution in [0.15, 0.2) is 60.8 Å². The standard InChI is InChI=1S/C25H26FN3O3S/c26-22-11-5-4-7-18(22)15-21-16-27-25(33-21)28-24(31)19-8-6-13-29(17-19)23(30)12-14-32-20-9-2-1-3-10-20/h1-5,7,9-11,16,19H,6,8,12-15,17H2,(H,27,28,31). The molecule has 0 aliphatic carbocycles. The molecule has 4 rings (SSSR count). The molecule has 2 amide bonds. The van der Waals surface area contributed by atoms with Crippen LogP contribution in [0.5, 0.6) is 5.75 Å². The number of para-hydroxylation sites is 1. The van der Waals surface area contributed by atoms with Crippen molar-refractivity contribution in [2.45, 2.75) is 25.7 Å². The molecule has 1 saturated heterocycles. The van der Waals surface area contributed by atoms with E-state index in [4.69, 9.17) is 4.74 Å². The Morgan fingerprint density at radius 3 is 2.76 bits per heavy atom.